The number of nitrogens with zero attached hydrogens (tertiary/aromatic N) is 3. The SMILES string of the molecule is Cc1cc(N)nc(S[C@@H](C(=O)N2CCOCC2)c2ccccc2)n1. The molecule has 7 heteroatoms. The summed E-state index contributed by atoms with van der Waals surface area (Å²) in [5, 5.41) is 0.119. The minimum absolute atomic E-state index is 0.0539. The molecule has 1 fully saturated rings. The molecule has 0 aliphatic carbocycles. The monoisotopic (exact) mass is 344 g/mol. The quantitative estimate of drug-likeness (QED) is 0.675. The lowest BCUT2D eigenvalue weighted by molar-refractivity contribution is -0.134. The molecule has 2 heterocycles. The largest absolute Gasteiger partial charge is 0.384 e. The highest BCUT2D eigenvalue weighted by molar-refractivity contribution is 8.00. The second-order valence-corrected chi connectivity index (χ2v) is 6.64. The molecule has 1 aromatic heterocycles. The van der Waals surface area contributed by atoms with Crippen molar-refractivity contribution >= 4 is 23.5 Å². The topological polar surface area (TPSA) is 81.3 Å². The summed E-state index contributed by atoms with van der Waals surface area (Å²) in [4.78, 5) is 23.5. The van der Waals surface area contributed by atoms with Crippen LogP contribution in [0.2, 0.25) is 0 Å². The second kappa shape index (κ2) is 7.63. The number of aromatic nitrogens is 2. The number of morpholine rings is 1. The molecule has 1 atom stereocenters. The van der Waals surface area contributed by atoms with Crippen molar-refractivity contribution in [2.45, 2.75) is 17.3 Å². The molecule has 126 valence electrons. The lowest BCUT2D eigenvalue weighted by Gasteiger charge is -2.30. The number of rotatable bonds is 4. The molecule has 1 aliphatic heterocycles. The zero-order valence-electron chi connectivity index (χ0n) is 13.5. The summed E-state index contributed by atoms with van der Waals surface area (Å²) >= 11 is 1.34. The third-order valence-corrected chi connectivity index (χ3v) is 4.83. The first-order valence-corrected chi connectivity index (χ1v) is 8.71. The highest BCUT2D eigenvalue weighted by Gasteiger charge is 2.29. The Bertz CT molecular complexity index is 685. The van der Waals surface area contributed by atoms with Crippen LogP contribution >= 0.6 is 11.8 Å². The van der Waals surface area contributed by atoms with Gasteiger partial charge in [0.05, 0.1) is 13.2 Å². The first-order chi connectivity index (χ1) is 11.6. The van der Waals surface area contributed by atoms with E-state index in [0.29, 0.717) is 37.3 Å². The van der Waals surface area contributed by atoms with Crippen molar-refractivity contribution in [2.75, 3.05) is 32.0 Å². The minimum atomic E-state index is -0.398. The van der Waals surface area contributed by atoms with Gasteiger partial charge in [0, 0.05) is 24.8 Å². The molecular weight excluding hydrogens is 324 g/mol. The van der Waals surface area contributed by atoms with Gasteiger partial charge in [-0.05, 0) is 12.5 Å². The van der Waals surface area contributed by atoms with Crippen LogP contribution in [0, 0.1) is 6.92 Å². The molecule has 1 aliphatic rings. The van der Waals surface area contributed by atoms with E-state index in [2.05, 4.69) is 9.97 Å². The fourth-order valence-corrected chi connectivity index (χ4v) is 3.67. The van der Waals surface area contributed by atoms with Crippen LogP contribution in [0.4, 0.5) is 5.82 Å². The van der Waals surface area contributed by atoms with Crippen molar-refractivity contribution < 1.29 is 9.53 Å². The van der Waals surface area contributed by atoms with Gasteiger partial charge in [-0.15, -0.1) is 0 Å². The number of nitrogen functional groups attached to an aromatic ring is 1. The van der Waals surface area contributed by atoms with E-state index in [1.54, 1.807) is 6.07 Å². The molecule has 1 amide bonds. The van der Waals surface area contributed by atoms with E-state index >= 15 is 0 Å². The normalized spacial score (nSPS) is 16.0. The van der Waals surface area contributed by atoms with E-state index in [-0.39, 0.29) is 5.91 Å². The first kappa shape index (κ1) is 16.7. The molecule has 24 heavy (non-hydrogen) atoms. The van der Waals surface area contributed by atoms with Crippen LogP contribution < -0.4 is 5.73 Å². The smallest absolute Gasteiger partial charge is 0.240 e. The second-order valence-electron chi connectivity index (χ2n) is 5.56. The molecule has 0 unspecified atom stereocenters. The van der Waals surface area contributed by atoms with Gasteiger partial charge >= 0.3 is 0 Å². The maximum Gasteiger partial charge on any atom is 0.240 e. The Kier molecular flexibility index (Phi) is 5.32. The summed E-state index contributed by atoms with van der Waals surface area (Å²) in [7, 11) is 0. The van der Waals surface area contributed by atoms with E-state index in [4.69, 9.17) is 10.5 Å². The predicted octanol–water partition coefficient (Wildman–Crippen LogP) is 2.06. The molecule has 2 N–H and O–H groups in total. The number of anilines is 1. The molecule has 6 nitrogen and oxygen atoms in total. The molecule has 1 saturated heterocycles. The minimum Gasteiger partial charge on any atom is -0.384 e. The Hall–Kier alpha value is -2.12. The fraction of sp³-hybridized carbons (Fsp3) is 0.353. The number of aryl methyl sites for hydroxylation is 1. The first-order valence-electron chi connectivity index (χ1n) is 7.83. The van der Waals surface area contributed by atoms with E-state index in [1.807, 2.05) is 42.2 Å². The molecule has 0 bridgehead atoms. The molecule has 3 rings (SSSR count). The van der Waals surface area contributed by atoms with Gasteiger partial charge in [0.1, 0.15) is 11.1 Å². The zero-order chi connectivity index (χ0) is 16.9. The number of carbonyl (C=O) groups is 1. The van der Waals surface area contributed by atoms with Crippen molar-refractivity contribution in [1.82, 2.24) is 14.9 Å². The van der Waals surface area contributed by atoms with E-state index in [9.17, 15) is 4.79 Å². The molecule has 2 aromatic rings. The van der Waals surface area contributed by atoms with E-state index in [1.165, 1.54) is 11.8 Å². The van der Waals surface area contributed by atoms with Crippen LogP contribution in [0.1, 0.15) is 16.5 Å². The molecule has 0 saturated carbocycles. The van der Waals surface area contributed by atoms with Gasteiger partial charge in [0.15, 0.2) is 5.16 Å². The van der Waals surface area contributed by atoms with Gasteiger partial charge < -0.3 is 15.4 Å². The van der Waals surface area contributed by atoms with Crippen LogP contribution in [0.3, 0.4) is 0 Å². The highest BCUT2D eigenvalue weighted by atomic mass is 32.2. The maximum atomic E-state index is 13.0. The predicted molar refractivity (Wildman–Crippen MR) is 93.6 cm³/mol. The Morgan fingerprint density at radius 2 is 1.96 bits per heavy atom. The van der Waals surface area contributed by atoms with Crippen molar-refractivity contribution in [3.63, 3.8) is 0 Å². The van der Waals surface area contributed by atoms with Gasteiger partial charge in [-0.1, -0.05) is 42.1 Å². The van der Waals surface area contributed by atoms with Crippen molar-refractivity contribution in [3.8, 4) is 0 Å². The van der Waals surface area contributed by atoms with E-state index < -0.39 is 5.25 Å². The van der Waals surface area contributed by atoms with Gasteiger partial charge in [-0.2, -0.15) is 0 Å². The van der Waals surface area contributed by atoms with Gasteiger partial charge in [-0.25, -0.2) is 9.97 Å². The summed E-state index contributed by atoms with van der Waals surface area (Å²) in [6, 6.07) is 11.4. The van der Waals surface area contributed by atoms with Crippen LogP contribution in [0.15, 0.2) is 41.6 Å². The highest BCUT2D eigenvalue weighted by Crippen LogP contribution is 2.35. The van der Waals surface area contributed by atoms with Gasteiger partial charge in [0.2, 0.25) is 5.91 Å². The lowest BCUT2D eigenvalue weighted by atomic mass is 10.1. The van der Waals surface area contributed by atoms with Crippen molar-refractivity contribution in [1.29, 1.82) is 0 Å². The number of nitrogens with two attached hydrogens (primary N) is 1. The van der Waals surface area contributed by atoms with Crippen molar-refractivity contribution in [3.05, 3.63) is 47.7 Å². The van der Waals surface area contributed by atoms with Gasteiger partial charge in [-0.3, -0.25) is 4.79 Å². The van der Waals surface area contributed by atoms with Crippen LogP contribution in [-0.2, 0) is 9.53 Å². The third kappa shape index (κ3) is 4.04. The number of hydrogen-bond donors (Lipinski definition) is 1. The van der Waals surface area contributed by atoms with E-state index in [0.717, 1.165) is 11.3 Å². The summed E-state index contributed by atoms with van der Waals surface area (Å²) in [5.41, 5.74) is 7.54. The fourth-order valence-electron chi connectivity index (χ4n) is 2.56. The Morgan fingerprint density at radius 3 is 2.62 bits per heavy atom. The molecule has 0 radical (unpaired) electrons. The summed E-state index contributed by atoms with van der Waals surface area (Å²) in [6.07, 6.45) is 0. The number of carbonyl (C=O) groups excluding carboxylic acids is 1. The number of ether oxygens (including phenoxy) is 1. The molecule has 1 aromatic carbocycles. The summed E-state index contributed by atoms with van der Waals surface area (Å²) in [5.74, 6) is 0.466. The van der Waals surface area contributed by atoms with Crippen molar-refractivity contribution in [2.24, 2.45) is 0 Å². The third-order valence-electron chi connectivity index (χ3n) is 3.73. The number of amides is 1. The average Bonchev–Trinajstić information content (AvgIpc) is 2.60. The Labute approximate surface area is 145 Å². The maximum absolute atomic E-state index is 13.0. The average molecular weight is 344 g/mol. The van der Waals surface area contributed by atoms with Crippen LogP contribution in [-0.4, -0.2) is 47.1 Å². The number of benzene rings is 1. The number of hydrogen-bond acceptors (Lipinski definition) is 6. The Balaban J connectivity index is 1.88. The standard InChI is InChI=1S/C17H20N4O2S/c1-12-11-14(18)20-17(19-12)24-15(13-5-3-2-4-6-13)16(22)21-7-9-23-10-8-21/h2-6,11,15H,7-10H2,1H3,(H2,18,19,20)/t15-/m1/s1. The summed E-state index contributed by atoms with van der Waals surface area (Å²) in [6.45, 7) is 4.24. The van der Waals surface area contributed by atoms with Crippen LogP contribution in [0.5, 0.6) is 0 Å². The van der Waals surface area contributed by atoms with Crippen LogP contribution in [0.25, 0.3) is 0 Å². The zero-order valence-corrected chi connectivity index (χ0v) is 14.3. The lowest BCUT2D eigenvalue weighted by Crippen LogP contribution is -2.42. The molecular formula is C17H20N4O2S. The Morgan fingerprint density at radius 1 is 1.25 bits per heavy atom. The van der Waals surface area contributed by atoms with Gasteiger partial charge in [0.25, 0.3) is 0 Å². The number of thioether (sulfide) groups is 1. The molecule has 0 spiro atoms. The summed E-state index contributed by atoms with van der Waals surface area (Å²) < 4.78 is 5.34.